The Labute approximate surface area is 180 Å². The molecule has 0 bridgehead atoms. The number of anilines is 1. The molecule has 1 saturated carbocycles. The Bertz CT molecular complexity index is 1070. The van der Waals surface area contributed by atoms with Gasteiger partial charge in [-0.05, 0) is 84.7 Å². The van der Waals surface area contributed by atoms with Gasteiger partial charge in [-0.2, -0.15) is 0 Å². The molecule has 3 aromatic rings. The summed E-state index contributed by atoms with van der Waals surface area (Å²) in [5.74, 6) is 1.37. The molecule has 2 unspecified atom stereocenters. The van der Waals surface area contributed by atoms with Gasteiger partial charge in [-0.25, -0.2) is 4.39 Å². The van der Waals surface area contributed by atoms with Crippen LogP contribution in [0.5, 0.6) is 0 Å². The fourth-order valence-electron chi connectivity index (χ4n) is 5.21. The summed E-state index contributed by atoms with van der Waals surface area (Å²) < 4.78 is 13.8. The average Bonchev–Trinajstić information content (AvgIpc) is 3.27. The second kappa shape index (κ2) is 7.97. The largest absolute Gasteiger partial charge is 0.325 e. The van der Waals surface area contributed by atoms with Crippen molar-refractivity contribution in [2.45, 2.75) is 18.8 Å². The van der Waals surface area contributed by atoms with Crippen molar-refractivity contribution in [3.8, 4) is 0 Å². The van der Waals surface area contributed by atoms with Crippen molar-refractivity contribution in [3.63, 3.8) is 0 Å². The summed E-state index contributed by atoms with van der Waals surface area (Å²) in [7, 11) is 0. The maximum Gasteiger partial charge on any atom is 0.238 e. The monoisotopic (exact) mass is 423 g/mol. The van der Waals surface area contributed by atoms with E-state index in [0.29, 0.717) is 29.3 Å². The van der Waals surface area contributed by atoms with Gasteiger partial charge in [0.1, 0.15) is 5.82 Å². The van der Waals surface area contributed by atoms with Gasteiger partial charge in [0.25, 0.3) is 0 Å². The van der Waals surface area contributed by atoms with Crippen molar-refractivity contribution in [3.05, 3.63) is 71.1 Å². The third-order valence-corrected chi connectivity index (χ3v) is 6.75. The van der Waals surface area contributed by atoms with Gasteiger partial charge in [0.05, 0.1) is 12.1 Å². The lowest BCUT2D eigenvalue weighted by Gasteiger charge is -2.19. The number of benzene rings is 2. The molecule has 2 heterocycles. The first-order chi connectivity index (χ1) is 14.5. The Balaban J connectivity index is 1.21. The maximum atomic E-state index is 13.8. The van der Waals surface area contributed by atoms with Crippen molar-refractivity contribution in [1.29, 1.82) is 0 Å². The number of halogens is 2. The number of likely N-dealkylation sites (tertiary alicyclic amines) is 1. The first-order valence-electron chi connectivity index (χ1n) is 10.4. The van der Waals surface area contributed by atoms with E-state index >= 15 is 0 Å². The van der Waals surface area contributed by atoms with E-state index in [0.717, 1.165) is 42.5 Å². The Morgan fingerprint density at radius 2 is 1.83 bits per heavy atom. The summed E-state index contributed by atoms with van der Waals surface area (Å²) in [5.41, 5.74) is 2.83. The van der Waals surface area contributed by atoms with Crippen molar-refractivity contribution >= 4 is 34.1 Å². The number of hydrogen-bond acceptors (Lipinski definition) is 3. The van der Waals surface area contributed by atoms with Crippen LogP contribution in [0.15, 0.2) is 54.7 Å². The molecule has 30 heavy (non-hydrogen) atoms. The third-order valence-electron chi connectivity index (χ3n) is 6.50. The third kappa shape index (κ3) is 3.92. The van der Waals surface area contributed by atoms with E-state index in [1.54, 1.807) is 24.3 Å². The molecule has 0 radical (unpaired) electrons. The van der Waals surface area contributed by atoms with Gasteiger partial charge in [-0.1, -0.05) is 11.6 Å². The highest BCUT2D eigenvalue weighted by Crippen LogP contribution is 2.47. The molecule has 1 N–H and O–H groups in total. The summed E-state index contributed by atoms with van der Waals surface area (Å²) in [4.78, 5) is 19.0. The van der Waals surface area contributed by atoms with Crippen molar-refractivity contribution < 1.29 is 9.18 Å². The van der Waals surface area contributed by atoms with Gasteiger partial charge in [0.2, 0.25) is 5.91 Å². The van der Waals surface area contributed by atoms with Gasteiger partial charge < -0.3 is 5.32 Å². The minimum atomic E-state index is -0.215. The normalized spacial score (nSPS) is 23.6. The zero-order chi connectivity index (χ0) is 20.7. The van der Waals surface area contributed by atoms with Gasteiger partial charge in [-0.15, -0.1) is 0 Å². The summed E-state index contributed by atoms with van der Waals surface area (Å²) in [6.45, 7) is 2.28. The minimum absolute atomic E-state index is 0.00412. The highest BCUT2D eigenvalue weighted by molar-refractivity contribution is 6.30. The van der Waals surface area contributed by atoms with E-state index < -0.39 is 0 Å². The van der Waals surface area contributed by atoms with Crippen LogP contribution in [0.4, 0.5) is 10.1 Å². The summed E-state index contributed by atoms with van der Waals surface area (Å²) in [5, 5.41) is 4.52. The first-order valence-corrected chi connectivity index (χ1v) is 10.7. The predicted molar refractivity (Wildman–Crippen MR) is 117 cm³/mol. The quantitative estimate of drug-likeness (QED) is 0.635. The fourth-order valence-corrected chi connectivity index (χ4v) is 5.34. The number of nitrogens with zero attached hydrogens (tertiary/aromatic N) is 2. The van der Waals surface area contributed by atoms with Crippen molar-refractivity contribution in [2.75, 3.05) is 25.0 Å². The number of fused-ring (bicyclic) bond motifs is 2. The summed E-state index contributed by atoms with van der Waals surface area (Å²) >= 11 is 5.89. The highest BCUT2D eigenvalue weighted by Gasteiger charge is 2.41. The van der Waals surface area contributed by atoms with Crippen LogP contribution in [0.2, 0.25) is 5.02 Å². The SMILES string of the molecule is O=C(CN1CC2CC(c3ccnc4ccc(F)cc34)C[C@@H]2C1)Nc1ccc(Cl)cc1. The number of carbonyl (C=O) groups is 1. The second-order valence-electron chi connectivity index (χ2n) is 8.50. The standard InChI is InChI=1S/C24H23ClFN3O/c25-18-1-4-20(5-2-18)28-24(30)14-29-12-16-9-15(10-17(16)13-29)21-7-8-27-23-6-3-19(26)11-22(21)23/h1-8,11,15-17H,9-10,12-14H2,(H,28,30)/t15?,16-,17?/m1/s1. The van der Waals surface area contributed by atoms with Gasteiger partial charge in [0, 0.05) is 35.4 Å². The zero-order valence-corrected chi connectivity index (χ0v) is 17.3. The lowest BCUT2D eigenvalue weighted by molar-refractivity contribution is -0.117. The Morgan fingerprint density at radius 1 is 1.10 bits per heavy atom. The number of rotatable bonds is 4. The topological polar surface area (TPSA) is 45.2 Å². The highest BCUT2D eigenvalue weighted by atomic mass is 35.5. The second-order valence-corrected chi connectivity index (χ2v) is 8.94. The van der Waals surface area contributed by atoms with Crippen LogP contribution >= 0.6 is 11.6 Å². The summed E-state index contributed by atoms with van der Waals surface area (Å²) in [6.07, 6.45) is 3.99. The number of carbonyl (C=O) groups excluding carboxylic acids is 1. The number of pyridine rings is 1. The Morgan fingerprint density at radius 3 is 2.57 bits per heavy atom. The lowest BCUT2D eigenvalue weighted by Crippen LogP contribution is -2.32. The molecule has 1 aromatic heterocycles. The smallest absolute Gasteiger partial charge is 0.238 e. The van der Waals surface area contributed by atoms with Crippen LogP contribution in [0.3, 0.4) is 0 Å². The number of nitrogens with one attached hydrogen (secondary N) is 1. The lowest BCUT2D eigenvalue weighted by atomic mass is 9.93. The van der Waals surface area contributed by atoms with E-state index in [2.05, 4.69) is 15.2 Å². The Hall–Kier alpha value is -2.50. The van der Waals surface area contributed by atoms with E-state index in [9.17, 15) is 9.18 Å². The molecule has 1 aliphatic carbocycles. The molecule has 4 nitrogen and oxygen atoms in total. The molecule has 154 valence electrons. The summed E-state index contributed by atoms with van der Waals surface area (Å²) in [6, 6.07) is 14.0. The molecule has 2 fully saturated rings. The van der Waals surface area contributed by atoms with E-state index in [1.165, 1.54) is 11.6 Å². The molecule has 1 aliphatic heterocycles. The number of aromatic nitrogens is 1. The fraction of sp³-hybridized carbons (Fsp3) is 0.333. The molecule has 5 rings (SSSR count). The Kier molecular flexibility index (Phi) is 5.17. The van der Waals surface area contributed by atoms with Crippen LogP contribution in [0.25, 0.3) is 10.9 Å². The zero-order valence-electron chi connectivity index (χ0n) is 16.5. The van der Waals surface area contributed by atoms with Crippen molar-refractivity contribution in [2.24, 2.45) is 11.8 Å². The van der Waals surface area contributed by atoms with Crippen LogP contribution in [-0.2, 0) is 4.79 Å². The predicted octanol–water partition coefficient (Wildman–Crippen LogP) is 5.09. The van der Waals surface area contributed by atoms with Crippen LogP contribution in [0.1, 0.15) is 24.3 Å². The molecule has 6 heteroatoms. The molecule has 2 aliphatic rings. The van der Waals surface area contributed by atoms with Gasteiger partial charge in [-0.3, -0.25) is 14.7 Å². The number of hydrogen-bond donors (Lipinski definition) is 1. The van der Waals surface area contributed by atoms with Crippen molar-refractivity contribution in [1.82, 2.24) is 9.88 Å². The average molecular weight is 424 g/mol. The van der Waals surface area contributed by atoms with Gasteiger partial charge >= 0.3 is 0 Å². The molecule has 1 amide bonds. The molecule has 3 atom stereocenters. The maximum absolute atomic E-state index is 13.8. The van der Waals surface area contributed by atoms with Crippen LogP contribution < -0.4 is 5.32 Å². The number of amides is 1. The first kappa shape index (κ1) is 19.5. The van der Waals surface area contributed by atoms with E-state index in [-0.39, 0.29) is 11.7 Å². The molecular formula is C24H23ClFN3O. The van der Waals surface area contributed by atoms with Gasteiger partial charge in [0.15, 0.2) is 0 Å². The molecule has 1 saturated heterocycles. The molecule has 0 spiro atoms. The molecular weight excluding hydrogens is 401 g/mol. The van der Waals surface area contributed by atoms with Crippen LogP contribution in [-0.4, -0.2) is 35.4 Å². The molecule has 2 aromatic carbocycles. The van der Waals surface area contributed by atoms with E-state index in [4.69, 9.17) is 11.6 Å². The van der Waals surface area contributed by atoms with E-state index in [1.807, 2.05) is 24.4 Å². The minimum Gasteiger partial charge on any atom is -0.325 e. The van der Waals surface area contributed by atoms with Crippen LogP contribution in [0, 0.1) is 17.7 Å².